The molecule has 0 aliphatic carbocycles. The van der Waals surface area contributed by atoms with Gasteiger partial charge in [0.15, 0.2) is 0 Å². The average Bonchev–Trinajstić information content (AvgIpc) is 2.76. The molecule has 5 nitrogen and oxygen atoms in total. The van der Waals surface area contributed by atoms with Crippen LogP contribution in [0.2, 0.25) is 5.02 Å². The summed E-state index contributed by atoms with van der Waals surface area (Å²) in [5.41, 5.74) is 2.19. The van der Waals surface area contributed by atoms with Gasteiger partial charge in [-0.2, -0.15) is 0 Å². The third-order valence-corrected chi connectivity index (χ3v) is 4.31. The van der Waals surface area contributed by atoms with Crippen LogP contribution >= 0.6 is 11.6 Å². The molecule has 2 aromatic carbocycles. The maximum Gasteiger partial charge on any atom is 0.270 e. The van der Waals surface area contributed by atoms with E-state index >= 15 is 0 Å². The number of fused-ring (bicyclic) bond motifs is 1. The molecule has 0 aromatic heterocycles. The number of benzene rings is 2. The Labute approximate surface area is 138 Å². The zero-order valence-corrected chi connectivity index (χ0v) is 13.1. The molecule has 0 spiro atoms. The van der Waals surface area contributed by atoms with E-state index in [9.17, 15) is 14.9 Å². The number of hydrogen-bond acceptors (Lipinski definition) is 3. The Kier molecular flexibility index (Phi) is 4.30. The number of nitrogens with zero attached hydrogens (tertiary/aromatic N) is 2. The molecule has 0 unspecified atom stereocenters. The third kappa shape index (κ3) is 3.05. The van der Waals surface area contributed by atoms with Crippen LogP contribution in [0.1, 0.15) is 28.8 Å². The van der Waals surface area contributed by atoms with Crippen molar-refractivity contribution in [1.29, 1.82) is 0 Å². The van der Waals surface area contributed by atoms with Crippen LogP contribution in [0.15, 0.2) is 42.5 Å². The number of nitro benzene ring substituents is 1. The predicted molar refractivity (Wildman–Crippen MR) is 89.2 cm³/mol. The number of rotatable bonds is 2. The Morgan fingerprint density at radius 1 is 1.17 bits per heavy atom. The highest BCUT2D eigenvalue weighted by Crippen LogP contribution is 2.30. The fourth-order valence-corrected chi connectivity index (χ4v) is 3.09. The maximum atomic E-state index is 12.9. The van der Waals surface area contributed by atoms with Gasteiger partial charge in [0.25, 0.3) is 11.6 Å². The molecule has 1 heterocycles. The molecule has 0 bridgehead atoms. The van der Waals surface area contributed by atoms with Gasteiger partial charge in [0.1, 0.15) is 0 Å². The fourth-order valence-electron chi connectivity index (χ4n) is 2.84. The van der Waals surface area contributed by atoms with Crippen LogP contribution in [0.4, 0.5) is 11.4 Å². The summed E-state index contributed by atoms with van der Waals surface area (Å²) >= 11 is 6.10. The second-order valence-electron chi connectivity index (χ2n) is 5.46. The second-order valence-corrected chi connectivity index (χ2v) is 5.87. The summed E-state index contributed by atoms with van der Waals surface area (Å²) in [4.78, 5) is 24.9. The number of hydrogen-bond donors (Lipinski definition) is 0. The molecule has 118 valence electrons. The minimum atomic E-state index is -0.526. The maximum absolute atomic E-state index is 12.9. The number of anilines is 1. The van der Waals surface area contributed by atoms with Gasteiger partial charge in [-0.3, -0.25) is 14.9 Å². The summed E-state index contributed by atoms with van der Waals surface area (Å²) in [6, 6.07) is 11.8. The van der Waals surface area contributed by atoms with Crippen LogP contribution in [-0.4, -0.2) is 17.4 Å². The highest BCUT2D eigenvalue weighted by molar-refractivity contribution is 6.34. The van der Waals surface area contributed by atoms with Crippen molar-refractivity contribution in [1.82, 2.24) is 0 Å². The predicted octanol–water partition coefficient (Wildman–Crippen LogP) is 4.23. The molecule has 0 saturated heterocycles. The molecule has 23 heavy (non-hydrogen) atoms. The summed E-state index contributed by atoms with van der Waals surface area (Å²) in [5.74, 6) is -0.223. The van der Waals surface area contributed by atoms with Gasteiger partial charge in [-0.15, -0.1) is 0 Å². The summed E-state index contributed by atoms with van der Waals surface area (Å²) in [6.07, 6.45) is 2.87. The monoisotopic (exact) mass is 330 g/mol. The van der Waals surface area contributed by atoms with Crippen molar-refractivity contribution >= 4 is 28.9 Å². The Morgan fingerprint density at radius 3 is 2.70 bits per heavy atom. The van der Waals surface area contributed by atoms with Gasteiger partial charge in [0.05, 0.1) is 15.5 Å². The lowest BCUT2D eigenvalue weighted by molar-refractivity contribution is -0.384. The normalized spacial score (nSPS) is 14.0. The van der Waals surface area contributed by atoms with E-state index in [4.69, 9.17) is 11.6 Å². The lowest BCUT2D eigenvalue weighted by Gasteiger charge is -2.23. The Balaban J connectivity index is 1.99. The first kappa shape index (κ1) is 15.5. The minimum Gasteiger partial charge on any atom is -0.308 e. The van der Waals surface area contributed by atoms with Crippen molar-refractivity contribution in [3.05, 3.63) is 68.7 Å². The highest BCUT2D eigenvalue weighted by atomic mass is 35.5. The van der Waals surface area contributed by atoms with Crippen molar-refractivity contribution in [3.63, 3.8) is 0 Å². The Bertz CT molecular complexity index is 776. The van der Waals surface area contributed by atoms with Crippen LogP contribution in [0.5, 0.6) is 0 Å². The van der Waals surface area contributed by atoms with E-state index < -0.39 is 4.92 Å². The zero-order valence-electron chi connectivity index (χ0n) is 12.4. The largest absolute Gasteiger partial charge is 0.308 e. The van der Waals surface area contributed by atoms with Gasteiger partial charge in [0, 0.05) is 24.4 Å². The first-order valence-electron chi connectivity index (χ1n) is 7.41. The first-order chi connectivity index (χ1) is 11.1. The fraction of sp³-hybridized carbons (Fsp3) is 0.235. The van der Waals surface area contributed by atoms with Gasteiger partial charge in [0.2, 0.25) is 0 Å². The van der Waals surface area contributed by atoms with E-state index in [2.05, 4.69) is 0 Å². The lowest BCUT2D eigenvalue weighted by atomic mass is 10.1. The quantitative estimate of drug-likeness (QED) is 0.611. The summed E-state index contributed by atoms with van der Waals surface area (Å²) in [6.45, 7) is 0.614. The zero-order chi connectivity index (χ0) is 16.4. The Hall–Kier alpha value is -2.40. The summed E-state index contributed by atoms with van der Waals surface area (Å²) < 4.78 is 0. The third-order valence-electron chi connectivity index (χ3n) is 4.00. The number of nitro groups is 1. The van der Waals surface area contributed by atoms with Crippen LogP contribution in [-0.2, 0) is 6.42 Å². The van der Waals surface area contributed by atoms with E-state index in [-0.39, 0.29) is 22.2 Å². The molecule has 0 atom stereocenters. The van der Waals surface area contributed by atoms with Gasteiger partial charge < -0.3 is 4.90 Å². The molecule has 1 aliphatic heterocycles. The smallest absolute Gasteiger partial charge is 0.270 e. The number of halogens is 1. The number of non-ortho nitro benzene ring substituents is 1. The number of aryl methyl sites for hydroxylation is 1. The molecule has 2 aromatic rings. The Morgan fingerprint density at radius 2 is 1.96 bits per heavy atom. The van der Waals surface area contributed by atoms with Crippen molar-refractivity contribution in [2.75, 3.05) is 11.4 Å². The van der Waals surface area contributed by atoms with E-state index in [0.717, 1.165) is 30.5 Å². The standard InChI is InChI=1S/C17H15ClN2O3/c18-15-11-13(20(22)23)8-9-14(15)17(21)19-10-4-3-6-12-5-1-2-7-16(12)19/h1-2,5,7-9,11H,3-4,6,10H2. The molecule has 6 heteroatoms. The minimum absolute atomic E-state index is 0.103. The SMILES string of the molecule is O=C(c1ccc([N+](=O)[O-])cc1Cl)N1CCCCc2ccccc21. The molecular weight excluding hydrogens is 316 g/mol. The lowest BCUT2D eigenvalue weighted by Crippen LogP contribution is -2.32. The van der Waals surface area contributed by atoms with Crippen LogP contribution < -0.4 is 4.90 Å². The molecule has 1 amide bonds. The first-order valence-corrected chi connectivity index (χ1v) is 7.79. The van der Waals surface area contributed by atoms with E-state index in [1.807, 2.05) is 24.3 Å². The van der Waals surface area contributed by atoms with Crippen molar-refractivity contribution in [3.8, 4) is 0 Å². The van der Waals surface area contributed by atoms with Crippen LogP contribution in [0.3, 0.4) is 0 Å². The number of para-hydroxylation sites is 1. The summed E-state index contributed by atoms with van der Waals surface area (Å²) in [5, 5.41) is 10.9. The van der Waals surface area contributed by atoms with Gasteiger partial charge >= 0.3 is 0 Å². The van der Waals surface area contributed by atoms with Crippen LogP contribution in [0.25, 0.3) is 0 Å². The van der Waals surface area contributed by atoms with Gasteiger partial charge in [-0.25, -0.2) is 0 Å². The number of carbonyl (C=O) groups is 1. The van der Waals surface area contributed by atoms with Crippen molar-refractivity contribution < 1.29 is 9.72 Å². The molecule has 0 radical (unpaired) electrons. The molecular formula is C17H15ClN2O3. The van der Waals surface area contributed by atoms with Gasteiger partial charge in [-0.1, -0.05) is 29.8 Å². The second kappa shape index (κ2) is 6.38. The summed E-state index contributed by atoms with van der Waals surface area (Å²) in [7, 11) is 0. The van der Waals surface area contributed by atoms with Gasteiger partial charge in [-0.05, 0) is 37.0 Å². The topological polar surface area (TPSA) is 63.4 Å². The van der Waals surface area contributed by atoms with E-state index in [1.54, 1.807) is 4.90 Å². The molecule has 0 fully saturated rings. The van der Waals surface area contributed by atoms with Crippen molar-refractivity contribution in [2.45, 2.75) is 19.3 Å². The number of carbonyl (C=O) groups excluding carboxylic acids is 1. The molecule has 0 saturated carbocycles. The average molecular weight is 331 g/mol. The van der Waals surface area contributed by atoms with Crippen molar-refractivity contribution in [2.24, 2.45) is 0 Å². The molecule has 1 aliphatic rings. The van der Waals surface area contributed by atoms with E-state index in [1.165, 1.54) is 18.2 Å². The van der Waals surface area contributed by atoms with Crippen LogP contribution in [0, 0.1) is 10.1 Å². The molecule has 0 N–H and O–H groups in total. The molecule has 3 rings (SSSR count). The highest BCUT2D eigenvalue weighted by Gasteiger charge is 2.24. The number of amides is 1. The van der Waals surface area contributed by atoms with E-state index in [0.29, 0.717) is 6.54 Å².